The molecule has 0 amide bonds. The fourth-order valence-electron chi connectivity index (χ4n) is 8.96. The van der Waals surface area contributed by atoms with E-state index in [2.05, 4.69) is 208 Å². The second kappa shape index (κ2) is 13.8. The van der Waals surface area contributed by atoms with Gasteiger partial charge in [-0.3, -0.25) is 0 Å². The number of aromatic nitrogens is 3. The Hall–Kier alpha value is -8.15. The summed E-state index contributed by atoms with van der Waals surface area (Å²) in [6, 6.07) is 77.6. The fourth-order valence-corrected chi connectivity index (χ4v) is 8.96. The van der Waals surface area contributed by atoms with Gasteiger partial charge in [-0.25, -0.2) is 4.98 Å². The molecule has 0 unspecified atom stereocenters. The summed E-state index contributed by atoms with van der Waals surface area (Å²) in [7, 11) is 0. The van der Waals surface area contributed by atoms with Crippen LogP contribution in [0.5, 0.6) is 0 Å². The van der Waals surface area contributed by atoms with E-state index < -0.39 is 0 Å². The maximum absolute atomic E-state index is 6.07. The number of anilines is 3. The first-order valence-electron chi connectivity index (χ1n) is 20.3. The van der Waals surface area contributed by atoms with E-state index in [1.807, 2.05) is 24.3 Å². The summed E-state index contributed by atoms with van der Waals surface area (Å²) in [5, 5.41) is 4.89. The number of para-hydroxylation sites is 6. The predicted molar refractivity (Wildman–Crippen MR) is 248 cm³/mol. The van der Waals surface area contributed by atoms with Crippen molar-refractivity contribution in [3.63, 3.8) is 0 Å². The van der Waals surface area contributed by atoms with Gasteiger partial charge in [-0.05, 0) is 132 Å². The van der Waals surface area contributed by atoms with Gasteiger partial charge in [0.2, 0.25) is 5.89 Å². The summed E-state index contributed by atoms with van der Waals surface area (Å²) in [6.07, 6.45) is 0. The number of oxazole rings is 1. The summed E-state index contributed by atoms with van der Waals surface area (Å²) in [5.41, 5.74) is 15.2. The van der Waals surface area contributed by atoms with Crippen LogP contribution in [0, 0.1) is 0 Å². The monoisotopic (exact) mass is 768 g/mol. The Morgan fingerprint density at radius 2 is 0.783 bits per heavy atom. The van der Waals surface area contributed by atoms with Crippen LogP contribution in [0.15, 0.2) is 223 Å². The molecule has 0 saturated carbocycles. The maximum atomic E-state index is 6.07. The maximum Gasteiger partial charge on any atom is 0.227 e. The first kappa shape index (κ1) is 33.9. The lowest BCUT2D eigenvalue weighted by Crippen LogP contribution is -2.09. The van der Waals surface area contributed by atoms with Gasteiger partial charge in [0.25, 0.3) is 0 Å². The van der Waals surface area contributed by atoms with Gasteiger partial charge < -0.3 is 18.5 Å². The third-order valence-electron chi connectivity index (χ3n) is 11.7. The molecule has 5 heteroatoms. The van der Waals surface area contributed by atoms with Crippen molar-refractivity contribution in [2.75, 3.05) is 4.90 Å². The van der Waals surface area contributed by atoms with E-state index >= 15 is 0 Å². The molecule has 0 atom stereocenters. The molecular formula is C55H36N4O. The van der Waals surface area contributed by atoms with Gasteiger partial charge in [-0.2, -0.15) is 0 Å². The number of hydrogen-bond acceptors (Lipinski definition) is 3. The summed E-state index contributed by atoms with van der Waals surface area (Å²) in [5.74, 6) is 0.627. The van der Waals surface area contributed by atoms with Gasteiger partial charge >= 0.3 is 0 Å². The minimum atomic E-state index is 0.627. The van der Waals surface area contributed by atoms with Crippen LogP contribution in [-0.4, -0.2) is 14.1 Å². The van der Waals surface area contributed by atoms with Gasteiger partial charge in [-0.15, -0.1) is 0 Å². The Labute approximate surface area is 346 Å². The third kappa shape index (κ3) is 5.52. The molecule has 0 spiro atoms. The Bertz CT molecular complexity index is 3450. The molecule has 3 heterocycles. The molecule has 3 aromatic heterocycles. The summed E-state index contributed by atoms with van der Waals surface area (Å²) >= 11 is 0. The zero-order valence-electron chi connectivity index (χ0n) is 32.5. The van der Waals surface area contributed by atoms with E-state index in [4.69, 9.17) is 9.40 Å². The van der Waals surface area contributed by atoms with E-state index in [9.17, 15) is 0 Å². The molecule has 0 N–H and O–H groups in total. The van der Waals surface area contributed by atoms with E-state index in [0.717, 1.165) is 50.6 Å². The van der Waals surface area contributed by atoms with E-state index in [1.165, 1.54) is 49.2 Å². The topological polar surface area (TPSA) is 39.1 Å². The van der Waals surface area contributed by atoms with Crippen molar-refractivity contribution in [1.82, 2.24) is 14.1 Å². The van der Waals surface area contributed by atoms with Crippen LogP contribution in [0.4, 0.5) is 17.1 Å². The average molecular weight is 769 g/mol. The Morgan fingerprint density at radius 3 is 1.33 bits per heavy atom. The van der Waals surface area contributed by atoms with Gasteiger partial charge in [0.05, 0.1) is 22.1 Å². The van der Waals surface area contributed by atoms with Crippen molar-refractivity contribution in [1.29, 1.82) is 0 Å². The molecule has 282 valence electrons. The van der Waals surface area contributed by atoms with Crippen molar-refractivity contribution in [3.05, 3.63) is 218 Å². The van der Waals surface area contributed by atoms with Gasteiger partial charge in [0.1, 0.15) is 5.52 Å². The SMILES string of the molecule is c1ccc(N(c2ccccc2)c2ccc(-n3c4ccccc4c4cc(-c5ccc6c(c5)c5ccccc5n6-c5ccc(-c6nc7ccccc7o6)cc5)ccc43)cc2)cc1. The molecular weight excluding hydrogens is 733 g/mol. The highest BCUT2D eigenvalue weighted by molar-refractivity contribution is 6.12. The van der Waals surface area contributed by atoms with Crippen molar-refractivity contribution < 1.29 is 4.42 Å². The number of hydrogen-bond donors (Lipinski definition) is 0. The van der Waals surface area contributed by atoms with Crippen LogP contribution in [-0.2, 0) is 0 Å². The molecule has 0 aliphatic carbocycles. The van der Waals surface area contributed by atoms with Crippen LogP contribution < -0.4 is 4.90 Å². The molecule has 0 saturated heterocycles. The zero-order chi connectivity index (χ0) is 39.6. The quantitative estimate of drug-likeness (QED) is 0.162. The summed E-state index contributed by atoms with van der Waals surface area (Å²) in [4.78, 5) is 7.02. The van der Waals surface area contributed by atoms with Gasteiger partial charge in [-0.1, -0.05) is 97.1 Å². The molecule has 9 aromatic carbocycles. The van der Waals surface area contributed by atoms with Crippen molar-refractivity contribution >= 4 is 71.8 Å². The molecule has 0 bridgehead atoms. The standard InChI is InChI=1S/C55H36N4O/c1-3-13-40(14-4-1)57(41-15-5-2-6-16-41)42-29-31-44(32-30-42)59-51-21-11-8-18-46(51)48-36-39(26-34-53(48)59)38-25-33-52-47(35-38)45-17-7-10-20-50(45)58(52)43-27-23-37(24-28-43)55-56-49-19-9-12-22-54(49)60-55/h1-36H. The summed E-state index contributed by atoms with van der Waals surface area (Å²) in [6.45, 7) is 0. The third-order valence-corrected chi connectivity index (χ3v) is 11.7. The highest BCUT2D eigenvalue weighted by atomic mass is 16.3. The molecule has 12 aromatic rings. The van der Waals surface area contributed by atoms with Crippen LogP contribution in [0.2, 0.25) is 0 Å². The normalized spacial score (nSPS) is 11.7. The molecule has 0 fully saturated rings. The van der Waals surface area contributed by atoms with Crippen LogP contribution in [0.25, 0.3) is 88.7 Å². The second-order valence-corrected chi connectivity index (χ2v) is 15.2. The first-order chi connectivity index (χ1) is 29.7. The van der Waals surface area contributed by atoms with Crippen molar-refractivity contribution in [2.45, 2.75) is 0 Å². The highest BCUT2D eigenvalue weighted by Crippen LogP contribution is 2.40. The summed E-state index contributed by atoms with van der Waals surface area (Å²) < 4.78 is 10.8. The molecule has 60 heavy (non-hydrogen) atoms. The molecule has 0 aliphatic heterocycles. The number of fused-ring (bicyclic) bond motifs is 7. The van der Waals surface area contributed by atoms with Crippen LogP contribution >= 0.6 is 0 Å². The lowest BCUT2D eigenvalue weighted by molar-refractivity contribution is 0.620. The number of nitrogens with zero attached hydrogens (tertiary/aromatic N) is 4. The fraction of sp³-hybridized carbons (Fsp3) is 0. The van der Waals surface area contributed by atoms with E-state index in [0.29, 0.717) is 5.89 Å². The lowest BCUT2D eigenvalue weighted by atomic mass is 10.0. The average Bonchev–Trinajstić information content (AvgIpc) is 4.00. The predicted octanol–water partition coefficient (Wildman–Crippen LogP) is 14.8. The van der Waals surface area contributed by atoms with E-state index in [1.54, 1.807) is 0 Å². The van der Waals surface area contributed by atoms with Gasteiger partial charge in [0.15, 0.2) is 5.58 Å². The van der Waals surface area contributed by atoms with Crippen molar-refractivity contribution in [3.8, 4) is 34.0 Å². The minimum absolute atomic E-state index is 0.627. The molecule has 5 nitrogen and oxygen atoms in total. The second-order valence-electron chi connectivity index (χ2n) is 15.2. The number of rotatable bonds is 7. The van der Waals surface area contributed by atoms with Crippen molar-refractivity contribution in [2.24, 2.45) is 0 Å². The highest BCUT2D eigenvalue weighted by Gasteiger charge is 2.18. The van der Waals surface area contributed by atoms with Gasteiger partial charge in [0, 0.05) is 55.5 Å². The lowest BCUT2D eigenvalue weighted by Gasteiger charge is -2.25. The van der Waals surface area contributed by atoms with E-state index in [-0.39, 0.29) is 0 Å². The first-order valence-corrected chi connectivity index (χ1v) is 20.3. The smallest absolute Gasteiger partial charge is 0.227 e. The molecule has 0 aliphatic rings. The van der Waals surface area contributed by atoms with Crippen LogP contribution in [0.1, 0.15) is 0 Å². The van der Waals surface area contributed by atoms with Crippen LogP contribution in [0.3, 0.4) is 0 Å². The minimum Gasteiger partial charge on any atom is -0.436 e. The molecule has 0 radical (unpaired) electrons. The number of benzene rings is 9. The Morgan fingerprint density at radius 1 is 0.350 bits per heavy atom. The Balaban J connectivity index is 0.928. The largest absolute Gasteiger partial charge is 0.436 e. The zero-order valence-corrected chi connectivity index (χ0v) is 32.5. The molecule has 12 rings (SSSR count). The Kier molecular flexibility index (Phi) is 7.78.